The average molecular weight is 248 g/mol. The lowest BCUT2D eigenvalue weighted by atomic mass is 9.89. The van der Waals surface area contributed by atoms with E-state index in [2.05, 4.69) is 5.32 Å². The Morgan fingerprint density at radius 2 is 2.17 bits per heavy atom. The maximum absolute atomic E-state index is 11.3. The third-order valence-electron chi connectivity index (χ3n) is 3.36. The number of amides is 1. The normalized spacial score (nSPS) is 22.5. The van der Waals surface area contributed by atoms with Crippen LogP contribution in [0.15, 0.2) is 24.3 Å². The third kappa shape index (κ3) is 3.09. The summed E-state index contributed by atoms with van der Waals surface area (Å²) >= 11 is 0. The van der Waals surface area contributed by atoms with Crippen LogP contribution in [0.2, 0.25) is 0 Å². The number of rotatable bonds is 6. The van der Waals surface area contributed by atoms with E-state index >= 15 is 0 Å². The average Bonchev–Trinajstić information content (AvgIpc) is 2.32. The van der Waals surface area contributed by atoms with Gasteiger partial charge >= 0.3 is 0 Å². The highest BCUT2D eigenvalue weighted by Gasteiger charge is 2.28. The predicted octanol–water partition coefficient (Wildman–Crippen LogP) is 1.44. The molecule has 1 aliphatic carbocycles. The highest BCUT2D eigenvalue weighted by molar-refractivity contribution is 5.94. The molecule has 1 saturated carbocycles. The second-order valence-corrected chi connectivity index (χ2v) is 4.65. The molecular formula is C14H20N2O2. The van der Waals surface area contributed by atoms with Crippen molar-refractivity contribution in [3.8, 4) is 0 Å². The number of hydrogen-bond donors (Lipinski definition) is 2. The Morgan fingerprint density at radius 1 is 1.44 bits per heavy atom. The van der Waals surface area contributed by atoms with Crippen molar-refractivity contribution in [1.29, 1.82) is 0 Å². The van der Waals surface area contributed by atoms with Gasteiger partial charge in [-0.25, -0.2) is 0 Å². The van der Waals surface area contributed by atoms with E-state index in [0.29, 0.717) is 24.3 Å². The van der Waals surface area contributed by atoms with Gasteiger partial charge in [0.1, 0.15) is 0 Å². The van der Waals surface area contributed by atoms with Crippen molar-refractivity contribution in [3.05, 3.63) is 35.4 Å². The number of ether oxygens (including phenoxy) is 1. The first-order valence-electron chi connectivity index (χ1n) is 6.43. The summed E-state index contributed by atoms with van der Waals surface area (Å²) in [5, 5.41) is 3.43. The van der Waals surface area contributed by atoms with E-state index in [1.165, 1.54) is 0 Å². The standard InChI is InChI=1S/C14H20N2O2/c1-2-18-12-7-11(8-12)16-9-10-5-3-4-6-13(10)14(15)17/h3-6,11-12,16H,2,7-9H2,1H3,(H2,15,17). The molecule has 1 aliphatic rings. The first kappa shape index (κ1) is 13.1. The molecule has 3 N–H and O–H groups in total. The summed E-state index contributed by atoms with van der Waals surface area (Å²) in [7, 11) is 0. The van der Waals surface area contributed by atoms with E-state index in [1.54, 1.807) is 6.07 Å². The zero-order chi connectivity index (χ0) is 13.0. The lowest BCUT2D eigenvalue weighted by Crippen LogP contribution is -2.45. The van der Waals surface area contributed by atoms with Crippen molar-refractivity contribution < 1.29 is 9.53 Å². The van der Waals surface area contributed by atoms with E-state index in [0.717, 1.165) is 25.0 Å². The summed E-state index contributed by atoms with van der Waals surface area (Å²) in [5.41, 5.74) is 6.91. The van der Waals surface area contributed by atoms with Gasteiger partial charge in [0.05, 0.1) is 6.10 Å². The van der Waals surface area contributed by atoms with Crippen molar-refractivity contribution in [2.24, 2.45) is 5.73 Å². The second-order valence-electron chi connectivity index (χ2n) is 4.65. The molecular weight excluding hydrogens is 228 g/mol. The zero-order valence-corrected chi connectivity index (χ0v) is 10.7. The van der Waals surface area contributed by atoms with Gasteiger partial charge in [0.2, 0.25) is 5.91 Å². The Morgan fingerprint density at radius 3 is 2.83 bits per heavy atom. The zero-order valence-electron chi connectivity index (χ0n) is 10.7. The number of carbonyl (C=O) groups excluding carboxylic acids is 1. The molecule has 0 aliphatic heterocycles. The van der Waals surface area contributed by atoms with E-state index in [-0.39, 0.29) is 5.91 Å². The van der Waals surface area contributed by atoms with Gasteiger partial charge in [0.25, 0.3) is 0 Å². The molecule has 0 saturated heterocycles. The van der Waals surface area contributed by atoms with Crippen molar-refractivity contribution in [1.82, 2.24) is 5.32 Å². The van der Waals surface area contributed by atoms with Crippen molar-refractivity contribution in [2.75, 3.05) is 6.61 Å². The molecule has 1 fully saturated rings. The maximum Gasteiger partial charge on any atom is 0.249 e. The molecule has 1 aromatic rings. The van der Waals surface area contributed by atoms with Crippen LogP contribution in [-0.4, -0.2) is 24.7 Å². The molecule has 0 atom stereocenters. The predicted molar refractivity (Wildman–Crippen MR) is 70.2 cm³/mol. The summed E-state index contributed by atoms with van der Waals surface area (Å²) in [5.74, 6) is -0.367. The molecule has 4 heteroatoms. The molecule has 0 bridgehead atoms. The van der Waals surface area contributed by atoms with Crippen molar-refractivity contribution in [3.63, 3.8) is 0 Å². The Bertz CT molecular complexity index is 414. The number of nitrogens with one attached hydrogen (secondary N) is 1. The van der Waals surface area contributed by atoms with E-state index in [9.17, 15) is 4.79 Å². The van der Waals surface area contributed by atoms with Gasteiger partial charge in [0.15, 0.2) is 0 Å². The Balaban J connectivity index is 1.83. The van der Waals surface area contributed by atoms with E-state index < -0.39 is 0 Å². The van der Waals surface area contributed by atoms with Crippen LogP contribution in [0.25, 0.3) is 0 Å². The smallest absolute Gasteiger partial charge is 0.249 e. The van der Waals surface area contributed by atoms with Crippen LogP contribution in [0, 0.1) is 0 Å². The summed E-state index contributed by atoms with van der Waals surface area (Å²) in [4.78, 5) is 11.3. The number of nitrogens with two attached hydrogens (primary N) is 1. The Hall–Kier alpha value is -1.39. The first-order chi connectivity index (χ1) is 8.70. The van der Waals surface area contributed by atoms with Crippen LogP contribution < -0.4 is 11.1 Å². The fraction of sp³-hybridized carbons (Fsp3) is 0.500. The fourth-order valence-corrected chi connectivity index (χ4v) is 2.27. The van der Waals surface area contributed by atoms with Crippen LogP contribution in [-0.2, 0) is 11.3 Å². The molecule has 98 valence electrons. The van der Waals surface area contributed by atoms with Gasteiger partial charge in [0, 0.05) is 24.8 Å². The van der Waals surface area contributed by atoms with Crippen LogP contribution in [0.3, 0.4) is 0 Å². The highest BCUT2D eigenvalue weighted by Crippen LogP contribution is 2.23. The molecule has 2 rings (SSSR count). The van der Waals surface area contributed by atoms with Gasteiger partial charge in [-0.1, -0.05) is 18.2 Å². The fourth-order valence-electron chi connectivity index (χ4n) is 2.27. The minimum Gasteiger partial charge on any atom is -0.378 e. The molecule has 0 heterocycles. The maximum atomic E-state index is 11.3. The van der Waals surface area contributed by atoms with E-state index in [1.807, 2.05) is 25.1 Å². The molecule has 1 amide bonds. The largest absolute Gasteiger partial charge is 0.378 e. The number of carbonyl (C=O) groups is 1. The third-order valence-corrected chi connectivity index (χ3v) is 3.36. The van der Waals surface area contributed by atoms with Crippen molar-refractivity contribution >= 4 is 5.91 Å². The lowest BCUT2D eigenvalue weighted by molar-refractivity contribution is -0.0102. The van der Waals surface area contributed by atoms with Gasteiger partial charge < -0.3 is 15.8 Å². The summed E-state index contributed by atoms with van der Waals surface area (Å²) in [6.07, 6.45) is 2.50. The number of hydrogen-bond acceptors (Lipinski definition) is 3. The minimum absolute atomic E-state index is 0.367. The summed E-state index contributed by atoms with van der Waals surface area (Å²) < 4.78 is 5.51. The number of benzene rings is 1. The molecule has 0 radical (unpaired) electrons. The molecule has 0 aromatic heterocycles. The monoisotopic (exact) mass is 248 g/mol. The molecule has 1 aromatic carbocycles. The summed E-state index contributed by atoms with van der Waals surface area (Å²) in [6, 6.07) is 7.95. The highest BCUT2D eigenvalue weighted by atomic mass is 16.5. The number of primary amides is 1. The lowest BCUT2D eigenvalue weighted by Gasteiger charge is -2.35. The molecule has 4 nitrogen and oxygen atoms in total. The molecule has 0 spiro atoms. The van der Waals surface area contributed by atoms with Gasteiger partial charge in [-0.3, -0.25) is 4.79 Å². The Labute approximate surface area is 108 Å². The summed E-state index contributed by atoms with van der Waals surface area (Å²) in [6.45, 7) is 3.48. The van der Waals surface area contributed by atoms with Gasteiger partial charge in [-0.2, -0.15) is 0 Å². The Kier molecular flexibility index (Phi) is 4.33. The van der Waals surface area contributed by atoms with E-state index in [4.69, 9.17) is 10.5 Å². The van der Waals surface area contributed by atoms with Crippen LogP contribution in [0.1, 0.15) is 35.7 Å². The van der Waals surface area contributed by atoms with Gasteiger partial charge in [-0.05, 0) is 31.4 Å². The minimum atomic E-state index is -0.367. The first-order valence-corrected chi connectivity index (χ1v) is 6.43. The molecule has 18 heavy (non-hydrogen) atoms. The SMILES string of the molecule is CCOC1CC(NCc2ccccc2C(N)=O)C1. The molecule has 0 unspecified atom stereocenters. The van der Waals surface area contributed by atoms with Crippen LogP contribution in [0.4, 0.5) is 0 Å². The van der Waals surface area contributed by atoms with Crippen LogP contribution in [0.5, 0.6) is 0 Å². The van der Waals surface area contributed by atoms with Crippen LogP contribution >= 0.6 is 0 Å². The second kappa shape index (κ2) is 5.98. The quantitative estimate of drug-likeness (QED) is 0.800. The van der Waals surface area contributed by atoms with Gasteiger partial charge in [-0.15, -0.1) is 0 Å². The van der Waals surface area contributed by atoms with Crippen molar-refractivity contribution in [2.45, 2.75) is 38.5 Å². The topological polar surface area (TPSA) is 64.3 Å².